The van der Waals surface area contributed by atoms with Gasteiger partial charge in [0.2, 0.25) is 0 Å². The summed E-state index contributed by atoms with van der Waals surface area (Å²) < 4.78 is 0. The summed E-state index contributed by atoms with van der Waals surface area (Å²) in [6, 6.07) is 0. The standard InChI is InChI=1S/C4H9.CH3O.Mg/c1-4(2)3;1-2;/h1-3H3;1H3;/q2*-1;+2. The van der Waals surface area contributed by atoms with Gasteiger partial charge in [-0.05, 0) is 0 Å². The third kappa shape index (κ3) is 285. The molecule has 0 radical (unpaired) electrons. The summed E-state index contributed by atoms with van der Waals surface area (Å²) in [6.07, 6.45) is 0. The molecule has 0 saturated carbocycles. The largest absolute Gasteiger partial charge is 2.00 e. The molecule has 0 spiro atoms. The summed E-state index contributed by atoms with van der Waals surface area (Å²) in [5.41, 5.74) is 0. The van der Waals surface area contributed by atoms with Crippen LogP contribution in [0.2, 0.25) is 0 Å². The molecule has 0 aliphatic carbocycles. The minimum absolute atomic E-state index is 0. The zero-order valence-electron chi connectivity index (χ0n) is 5.62. The van der Waals surface area contributed by atoms with Gasteiger partial charge < -0.3 is 11.0 Å². The molecule has 0 aromatic rings. The Morgan fingerprint density at radius 1 is 1.00 bits per heavy atom. The van der Waals surface area contributed by atoms with Crippen molar-refractivity contribution in [3.05, 3.63) is 5.92 Å². The molecule has 0 saturated heterocycles. The smallest absolute Gasteiger partial charge is 0.857 e. The fraction of sp³-hybridized carbons (Fsp3) is 0.800. The van der Waals surface area contributed by atoms with Crippen LogP contribution in [0.15, 0.2) is 0 Å². The quantitative estimate of drug-likeness (QED) is 0.325. The molecule has 0 rings (SSSR count). The minimum atomic E-state index is 0. The number of hydrogen-bond donors (Lipinski definition) is 0. The maximum atomic E-state index is 8.25. The Hall–Kier alpha value is 0.726. The van der Waals surface area contributed by atoms with Crippen LogP contribution in [0.1, 0.15) is 20.8 Å². The van der Waals surface area contributed by atoms with Crippen molar-refractivity contribution in [3.63, 3.8) is 0 Å². The van der Waals surface area contributed by atoms with Crippen molar-refractivity contribution in [2.75, 3.05) is 7.11 Å². The summed E-state index contributed by atoms with van der Waals surface area (Å²) >= 11 is 0. The van der Waals surface area contributed by atoms with Gasteiger partial charge in [0.25, 0.3) is 0 Å². The molecule has 0 aliphatic heterocycles. The van der Waals surface area contributed by atoms with Crippen molar-refractivity contribution in [1.29, 1.82) is 0 Å². The summed E-state index contributed by atoms with van der Waals surface area (Å²) in [5, 5.41) is 8.25. The van der Waals surface area contributed by atoms with E-state index in [1.165, 1.54) is 5.92 Å². The van der Waals surface area contributed by atoms with Crippen LogP contribution in [-0.4, -0.2) is 30.2 Å². The van der Waals surface area contributed by atoms with Crippen LogP contribution < -0.4 is 5.11 Å². The maximum Gasteiger partial charge on any atom is 2.00 e. The normalized spacial score (nSPS) is 6.00. The Kier molecular flexibility index (Phi) is 35.5. The molecule has 0 aromatic carbocycles. The van der Waals surface area contributed by atoms with Crippen LogP contribution in [-0.2, 0) is 0 Å². The average Bonchev–Trinajstić information content (AvgIpc) is 1.41. The molecule has 0 bridgehead atoms. The van der Waals surface area contributed by atoms with Crippen LogP contribution in [0.4, 0.5) is 0 Å². The molecule has 0 unspecified atom stereocenters. The zero-order valence-corrected chi connectivity index (χ0v) is 7.03. The molecule has 40 valence electrons. The van der Waals surface area contributed by atoms with Gasteiger partial charge in [-0.2, -0.15) is 27.9 Å². The second kappa shape index (κ2) is 15.9. The van der Waals surface area contributed by atoms with E-state index in [4.69, 9.17) is 5.11 Å². The van der Waals surface area contributed by atoms with Gasteiger partial charge in [-0.1, -0.05) is 0 Å². The van der Waals surface area contributed by atoms with Gasteiger partial charge in [0.05, 0.1) is 0 Å². The van der Waals surface area contributed by atoms with Crippen LogP contribution in [0, 0.1) is 5.92 Å². The first-order valence-electron chi connectivity index (χ1n) is 1.91. The van der Waals surface area contributed by atoms with Crippen molar-refractivity contribution in [2.45, 2.75) is 20.8 Å². The first kappa shape index (κ1) is 15.6. The predicted octanol–water partition coefficient (Wildman–Crippen LogP) is 0.216. The number of hydrogen-bond acceptors (Lipinski definition) is 1. The van der Waals surface area contributed by atoms with E-state index < -0.39 is 0 Å². The van der Waals surface area contributed by atoms with Crippen molar-refractivity contribution in [2.24, 2.45) is 0 Å². The van der Waals surface area contributed by atoms with Crippen LogP contribution in [0.25, 0.3) is 0 Å². The molecule has 0 aliphatic rings. The van der Waals surface area contributed by atoms with Gasteiger partial charge >= 0.3 is 23.1 Å². The summed E-state index contributed by atoms with van der Waals surface area (Å²) in [6.45, 7) is 6.25. The Bertz CT molecular complexity index is 12.8. The van der Waals surface area contributed by atoms with Gasteiger partial charge in [0, 0.05) is 0 Å². The SMILES string of the molecule is C[C-](C)C.C[O-].[Mg+2]. The molecule has 0 fully saturated rings. The van der Waals surface area contributed by atoms with Crippen LogP contribution in [0.3, 0.4) is 0 Å². The minimum Gasteiger partial charge on any atom is -0.857 e. The second-order valence-electron chi connectivity index (χ2n) is 1.50. The molecule has 0 aromatic heterocycles. The molecule has 2 heteroatoms. The van der Waals surface area contributed by atoms with E-state index in [1.54, 1.807) is 0 Å². The van der Waals surface area contributed by atoms with Crippen LogP contribution >= 0.6 is 0 Å². The first-order valence-corrected chi connectivity index (χ1v) is 1.91. The van der Waals surface area contributed by atoms with Gasteiger partial charge in [-0.25, -0.2) is 0 Å². The topological polar surface area (TPSA) is 23.1 Å². The van der Waals surface area contributed by atoms with E-state index in [0.717, 1.165) is 7.11 Å². The fourth-order valence-electron chi connectivity index (χ4n) is 0. The third-order valence-electron chi connectivity index (χ3n) is 0. The third-order valence-corrected chi connectivity index (χ3v) is 0. The molecule has 0 heterocycles. The maximum absolute atomic E-state index is 8.25. The van der Waals surface area contributed by atoms with Crippen LogP contribution in [0.5, 0.6) is 0 Å². The summed E-state index contributed by atoms with van der Waals surface area (Å²) in [5.74, 6) is 1.42. The predicted molar refractivity (Wildman–Crippen MR) is 31.9 cm³/mol. The van der Waals surface area contributed by atoms with E-state index in [0.29, 0.717) is 0 Å². The second-order valence-corrected chi connectivity index (χ2v) is 1.50. The van der Waals surface area contributed by atoms with Gasteiger partial charge in [0.15, 0.2) is 0 Å². The van der Waals surface area contributed by atoms with E-state index in [2.05, 4.69) is 20.8 Å². The first-order chi connectivity index (χ1) is 2.73. The Morgan fingerprint density at radius 3 is 1.00 bits per heavy atom. The van der Waals surface area contributed by atoms with Crippen molar-refractivity contribution < 1.29 is 5.11 Å². The van der Waals surface area contributed by atoms with Gasteiger partial charge in [-0.15, -0.1) is 0 Å². The van der Waals surface area contributed by atoms with E-state index in [9.17, 15) is 0 Å². The Labute approximate surface area is 62.3 Å². The molecular formula is C5H12MgO. The summed E-state index contributed by atoms with van der Waals surface area (Å²) in [7, 11) is 0.750. The monoisotopic (exact) mass is 112 g/mol. The molecule has 0 N–H and O–H groups in total. The zero-order chi connectivity index (χ0) is 5.58. The molecule has 0 amide bonds. The Balaban J connectivity index is -0.0000000480. The molecule has 1 nitrogen and oxygen atoms in total. The van der Waals surface area contributed by atoms with Crippen molar-refractivity contribution in [3.8, 4) is 0 Å². The van der Waals surface area contributed by atoms with Crippen molar-refractivity contribution >= 4 is 23.1 Å². The van der Waals surface area contributed by atoms with Gasteiger partial charge in [0.1, 0.15) is 0 Å². The van der Waals surface area contributed by atoms with E-state index in [-0.39, 0.29) is 23.1 Å². The fourth-order valence-corrected chi connectivity index (χ4v) is 0. The van der Waals surface area contributed by atoms with E-state index >= 15 is 0 Å². The number of rotatable bonds is 0. The van der Waals surface area contributed by atoms with E-state index in [1.807, 2.05) is 0 Å². The molecular weight excluding hydrogens is 100 g/mol. The molecule has 0 atom stereocenters. The van der Waals surface area contributed by atoms with Gasteiger partial charge in [-0.3, -0.25) is 0 Å². The van der Waals surface area contributed by atoms with Crippen molar-refractivity contribution in [1.82, 2.24) is 0 Å². The summed E-state index contributed by atoms with van der Waals surface area (Å²) in [4.78, 5) is 0. The average molecular weight is 112 g/mol. The Morgan fingerprint density at radius 2 is 1.00 bits per heavy atom. The molecule has 7 heavy (non-hydrogen) atoms.